The number of nitrogen functional groups attached to an aromatic ring is 1. The molecule has 9 heteroatoms. The Labute approximate surface area is 214 Å². The largest absolute Gasteiger partial charge is 0.482 e. The first-order valence-corrected chi connectivity index (χ1v) is 12.0. The van der Waals surface area contributed by atoms with Crippen LogP contribution in [0.5, 0.6) is 5.75 Å². The summed E-state index contributed by atoms with van der Waals surface area (Å²) in [7, 11) is 4.07. The fraction of sp³-hybridized carbons (Fsp3) is 0.308. The predicted octanol–water partition coefficient (Wildman–Crippen LogP) is 5.69. The maximum atomic E-state index is 14.0. The van der Waals surface area contributed by atoms with Crippen molar-refractivity contribution in [3.63, 3.8) is 0 Å². The first-order valence-electron chi connectivity index (χ1n) is 11.3. The lowest BCUT2D eigenvalue weighted by Crippen LogP contribution is -2.34. The molecule has 1 aliphatic rings. The Hall–Kier alpha value is -2.87. The lowest BCUT2D eigenvalue weighted by atomic mass is 10.0. The van der Waals surface area contributed by atoms with Crippen LogP contribution in [0.2, 0.25) is 10.0 Å². The summed E-state index contributed by atoms with van der Waals surface area (Å²) in [4.78, 5) is 21.2. The van der Waals surface area contributed by atoms with Crippen molar-refractivity contribution in [3.8, 4) is 16.9 Å². The van der Waals surface area contributed by atoms with Crippen LogP contribution in [0, 0.1) is 5.82 Å². The number of carbonyl (C=O) groups excluding carboxylic acids is 1. The molecule has 0 aliphatic carbocycles. The van der Waals surface area contributed by atoms with Gasteiger partial charge in [-0.05, 0) is 63.3 Å². The van der Waals surface area contributed by atoms with Gasteiger partial charge < -0.3 is 20.3 Å². The number of anilines is 1. The van der Waals surface area contributed by atoms with Crippen LogP contribution >= 0.6 is 23.2 Å². The van der Waals surface area contributed by atoms with Crippen LogP contribution in [0.3, 0.4) is 0 Å². The van der Waals surface area contributed by atoms with Gasteiger partial charge in [0.15, 0.2) is 11.6 Å². The van der Waals surface area contributed by atoms with Crippen molar-refractivity contribution < 1.29 is 13.9 Å². The van der Waals surface area contributed by atoms with E-state index in [9.17, 15) is 9.18 Å². The summed E-state index contributed by atoms with van der Waals surface area (Å²) in [5, 5.41) is 0.199. The summed E-state index contributed by atoms with van der Waals surface area (Å²) in [6, 6.07) is 12.1. The van der Waals surface area contributed by atoms with Crippen molar-refractivity contribution in [3.05, 3.63) is 75.7 Å². The van der Waals surface area contributed by atoms with Crippen LogP contribution in [0.1, 0.15) is 35.4 Å². The van der Waals surface area contributed by atoms with Gasteiger partial charge in [-0.1, -0.05) is 35.3 Å². The van der Waals surface area contributed by atoms with E-state index in [2.05, 4.69) is 9.88 Å². The summed E-state index contributed by atoms with van der Waals surface area (Å²) in [5.41, 5.74) is 8.61. The number of pyridine rings is 1. The second-order valence-electron chi connectivity index (χ2n) is 8.86. The first kappa shape index (κ1) is 25.2. The molecule has 1 aliphatic heterocycles. The average molecular weight is 517 g/mol. The number of hydrogen-bond acceptors (Lipinski definition) is 5. The third-order valence-corrected chi connectivity index (χ3v) is 7.03. The van der Waals surface area contributed by atoms with Crippen molar-refractivity contribution in [1.29, 1.82) is 0 Å². The molecule has 0 spiro atoms. The molecule has 1 saturated heterocycles. The van der Waals surface area contributed by atoms with Gasteiger partial charge in [0.1, 0.15) is 11.9 Å². The Bertz CT molecular complexity index is 1240. The van der Waals surface area contributed by atoms with Crippen LogP contribution < -0.4 is 10.5 Å². The van der Waals surface area contributed by atoms with Crippen molar-refractivity contribution in [2.45, 2.75) is 25.5 Å². The maximum absolute atomic E-state index is 14.0. The number of benzene rings is 2. The Morgan fingerprint density at radius 2 is 1.91 bits per heavy atom. The maximum Gasteiger partial charge on any atom is 0.253 e. The van der Waals surface area contributed by atoms with Gasteiger partial charge in [-0.2, -0.15) is 0 Å². The van der Waals surface area contributed by atoms with E-state index in [1.165, 1.54) is 12.1 Å². The highest BCUT2D eigenvalue weighted by atomic mass is 35.5. The van der Waals surface area contributed by atoms with Crippen molar-refractivity contribution >= 4 is 34.9 Å². The van der Waals surface area contributed by atoms with Gasteiger partial charge >= 0.3 is 0 Å². The molecule has 1 aromatic heterocycles. The monoisotopic (exact) mass is 516 g/mol. The van der Waals surface area contributed by atoms with Gasteiger partial charge in [-0.25, -0.2) is 9.37 Å². The van der Waals surface area contributed by atoms with E-state index in [1.807, 2.05) is 43.3 Å². The number of hydrogen-bond donors (Lipinski definition) is 1. The summed E-state index contributed by atoms with van der Waals surface area (Å²) < 4.78 is 19.9. The minimum atomic E-state index is -0.670. The van der Waals surface area contributed by atoms with Crippen molar-refractivity contribution in [2.75, 3.05) is 32.9 Å². The predicted molar refractivity (Wildman–Crippen MR) is 138 cm³/mol. The van der Waals surface area contributed by atoms with Gasteiger partial charge in [-0.15, -0.1) is 0 Å². The van der Waals surface area contributed by atoms with Gasteiger partial charge in [-0.3, -0.25) is 4.79 Å². The van der Waals surface area contributed by atoms with Gasteiger partial charge in [0.05, 0.1) is 5.02 Å². The van der Waals surface area contributed by atoms with E-state index in [0.29, 0.717) is 27.9 Å². The smallest absolute Gasteiger partial charge is 0.253 e. The normalized spacial score (nSPS) is 16.5. The molecule has 2 heterocycles. The number of carbonyl (C=O) groups is 1. The number of aromatic nitrogens is 1. The van der Waals surface area contributed by atoms with E-state index >= 15 is 0 Å². The number of ether oxygens (including phenoxy) is 1. The highest BCUT2D eigenvalue weighted by Crippen LogP contribution is 2.37. The fourth-order valence-electron chi connectivity index (χ4n) is 4.21. The number of rotatable bonds is 6. The zero-order valence-electron chi connectivity index (χ0n) is 19.8. The van der Waals surface area contributed by atoms with Crippen LogP contribution in [-0.2, 0) is 0 Å². The molecule has 1 amide bonds. The van der Waals surface area contributed by atoms with Gasteiger partial charge in [0.2, 0.25) is 0 Å². The second kappa shape index (κ2) is 10.4. The van der Waals surface area contributed by atoms with Crippen molar-refractivity contribution in [1.82, 2.24) is 14.8 Å². The molecule has 1 fully saturated rings. The standard InChI is InChI=1S/C26H27Cl2FN4O2/c1-15(23-20(27)8-9-21(29)24(23)28)35-22-12-18(13-31-25(22)30)16-4-6-17(7-5-16)26(34)33-11-10-19(14-33)32(2)3/h4-9,12-13,15,19H,10-11,14H2,1-3H3,(H2,30,31). The number of likely N-dealkylation sites (tertiary alicyclic amines) is 1. The second-order valence-corrected chi connectivity index (χ2v) is 9.64. The zero-order chi connectivity index (χ0) is 25.3. The summed E-state index contributed by atoms with van der Waals surface area (Å²) >= 11 is 12.3. The fourth-order valence-corrected chi connectivity index (χ4v) is 4.89. The molecular weight excluding hydrogens is 490 g/mol. The quantitative estimate of drug-likeness (QED) is 0.426. The summed E-state index contributed by atoms with van der Waals surface area (Å²) in [6.45, 7) is 3.19. The molecule has 2 atom stereocenters. The molecule has 2 unspecified atom stereocenters. The number of nitrogens with zero attached hydrogens (tertiary/aromatic N) is 3. The molecule has 0 bridgehead atoms. The molecule has 2 N–H and O–H groups in total. The third kappa shape index (κ3) is 5.37. The molecule has 6 nitrogen and oxygen atoms in total. The number of halogens is 3. The molecular formula is C26H27Cl2FN4O2. The number of nitrogens with two attached hydrogens (primary N) is 1. The Morgan fingerprint density at radius 3 is 2.57 bits per heavy atom. The zero-order valence-corrected chi connectivity index (χ0v) is 21.3. The van der Waals surface area contributed by atoms with Crippen LogP contribution in [0.4, 0.5) is 10.2 Å². The summed E-state index contributed by atoms with van der Waals surface area (Å²) in [5.74, 6) is -0.0564. The highest BCUT2D eigenvalue weighted by Gasteiger charge is 2.28. The van der Waals surface area contributed by atoms with E-state index in [0.717, 1.165) is 30.6 Å². The van der Waals surface area contributed by atoms with Crippen LogP contribution in [0.15, 0.2) is 48.7 Å². The lowest BCUT2D eigenvalue weighted by Gasteiger charge is -2.20. The first-order chi connectivity index (χ1) is 16.7. The van der Waals surface area contributed by atoms with Crippen LogP contribution in [0.25, 0.3) is 11.1 Å². The number of likely N-dealkylation sites (N-methyl/N-ethyl adjacent to an activating group) is 1. The molecule has 0 radical (unpaired) electrons. The number of amides is 1. The summed E-state index contributed by atoms with van der Waals surface area (Å²) in [6.07, 6.45) is 1.94. The van der Waals surface area contributed by atoms with Crippen LogP contribution in [-0.4, -0.2) is 53.9 Å². The average Bonchev–Trinajstić information content (AvgIpc) is 3.34. The molecule has 3 aromatic rings. The molecule has 4 rings (SSSR count). The minimum absolute atomic E-state index is 0.0260. The minimum Gasteiger partial charge on any atom is -0.482 e. The Kier molecular flexibility index (Phi) is 7.50. The topological polar surface area (TPSA) is 71.7 Å². The van der Waals surface area contributed by atoms with Crippen molar-refractivity contribution in [2.24, 2.45) is 0 Å². The lowest BCUT2D eigenvalue weighted by molar-refractivity contribution is 0.0783. The van der Waals surface area contributed by atoms with Gasteiger partial charge in [0, 0.05) is 47.0 Å². The molecule has 0 saturated carbocycles. The third-order valence-electron chi connectivity index (χ3n) is 6.32. The molecule has 35 heavy (non-hydrogen) atoms. The molecule has 184 valence electrons. The Morgan fingerprint density at radius 1 is 1.20 bits per heavy atom. The van der Waals surface area contributed by atoms with Gasteiger partial charge in [0.25, 0.3) is 5.91 Å². The SMILES string of the molecule is CC(Oc1cc(-c2ccc(C(=O)N3CCC(N(C)C)C3)cc2)cnc1N)c1c(Cl)ccc(F)c1Cl. The Balaban J connectivity index is 1.52. The van der Waals surface area contributed by atoms with E-state index in [-0.39, 0.29) is 16.7 Å². The van der Waals surface area contributed by atoms with E-state index in [1.54, 1.807) is 19.2 Å². The highest BCUT2D eigenvalue weighted by molar-refractivity contribution is 6.36. The molecule has 2 aromatic carbocycles. The van der Waals surface area contributed by atoms with E-state index in [4.69, 9.17) is 33.7 Å². The van der Waals surface area contributed by atoms with E-state index < -0.39 is 11.9 Å².